The van der Waals surface area contributed by atoms with Crippen LogP contribution in [0.25, 0.3) is 0 Å². The molecule has 10 heavy (non-hydrogen) atoms. The van der Waals surface area contributed by atoms with Crippen molar-refractivity contribution in [2.75, 3.05) is 0 Å². The largest absolute Gasteiger partial charge is 0.393 e. The van der Waals surface area contributed by atoms with Crippen LogP contribution in [0.4, 0.5) is 0 Å². The molecular formula is C4H10O5S. The first-order valence-electron chi connectivity index (χ1n) is 2.66. The van der Waals surface area contributed by atoms with Gasteiger partial charge in [0, 0.05) is 6.42 Å². The van der Waals surface area contributed by atoms with Gasteiger partial charge in [0.25, 0.3) is 10.1 Å². The molecule has 62 valence electrons. The molecule has 0 amide bonds. The van der Waals surface area contributed by atoms with E-state index in [0.29, 0.717) is 0 Å². The Morgan fingerprint density at radius 2 is 1.80 bits per heavy atom. The van der Waals surface area contributed by atoms with Crippen LogP contribution in [-0.2, 0) is 10.1 Å². The Labute approximate surface area is 59.1 Å². The minimum absolute atomic E-state index is 0.376. The second kappa shape index (κ2) is 3.29. The molecule has 0 radical (unpaired) electrons. The lowest BCUT2D eigenvalue weighted by molar-refractivity contribution is 0.125. The molecule has 0 spiro atoms. The molecule has 2 unspecified atom stereocenters. The fraction of sp³-hybridized carbons (Fsp3) is 1.00. The van der Waals surface area contributed by atoms with Crippen LogP contribution in [0.2, 0.25) is 0 Å². The molecule has 0 aromatic carbocycles. The summed E-state index contributed by atoms with van der Waals surface area (Å²) in [6, 6.07) is 0. The van der Waals surface area contributed by atoms with E-state index >= 15 is 0 Å². The van der Waals surface area contributed by atoms with Crippen molar-refractivity contribution in [2.45, 2.75) is 24.9 Å². The molecule has 0 rings (SSSR count). The smallest absolute Gasteiger partial charge is 0.292 e. The number of aliphatic hydroxyl groups is 2. The van der Waals surface area contributed by atoms with Crippen molar-refractivity contribution in [1.29, 1.82) is 0 Å². The Hall–Kier alpha value is -0.170. The van der Waals surface area contributed by atoms with Crippen molar-refractivity contribution >= 4 is 10.1 Å². The zero-order valence-corrected chi connectivity index (χ0v) is 6.24. The van der Waals surface area contributed by atoms with Gasteiger partial charge in [-0.1, -0.05) is 0 Å². The first kappa shape index (κ1) is 9.83. The molecule has 6 heteroatoms. The lowest BCUT2D eigenvalue weighted by Gasteiger charge is -2.07. The molecule has 0 aliphatic carbocycles. The third kappa shape index (κ3) is 3.78. The lowest BCUT2D eigenvalue weighted by Crippen LogP contribution is -2.24. The Kier molecular flexibility index (Phi) is 3.23. The highest BCUT2D eigenvalue weighted by molar-refractivity contribution is 7.86. The van der Waals surface area contributed by atoms with Crippen molar-refractivity contribution in [1.82, 2.24) is 0 Å². The lowest BCUT2D eigenvalue weighted by atomic mass is 10.3. The van der Waals surface area contributed by atoms with E-state index in [4.69, 9.17) is 14.8 Å². The van der Waals surface area contributed by atoms with Gasteiger partial charge in [0.1, 0.15) is 0 Å². The zero-order valence-electron chi connectivity index (χ0n) is 5.43. The highest BCUT2D eigenvalue weighted by atomic mass is 32.2. The summed E-state index contributed by atoms with van der Waals surface area (Å²) in [6.07, 6.45) is -1.32. The highest BCUT2D eigenvalue weighted by Gasteiger charge is 2.20. The van der Waals surface area contributed by atoms with Crippen molar-refractivity contribution < 1.29 is 23.2 Å². The average Bonchev–Trinajstić information content (AvgIpc) is 1.60. The quantitative estimate of drug-likeness (QED) is 0.470. The average molecular weight is 170 g/mol. The predicted octanol–water partition coefficient (Wildman–Crippen LogP) is -1.04. The molecular weight excluding hydrogens is 160 g/mol. The molecule has 0 heterocycles. The highest BCUT2D eigenvalue weighted by Crippen LogP contribution is 2.02. The molecule has 0 saturated carbocycles. The van der Waals surface area contributed by atoms with Crippen molar-refractivity contribution in [3.8, 4) is 0 Å². The van der Waals surface area contributed by atoms with Gasteiger partial charge in [-0.15, -0.1) is 0 Å². The van der Waals surface area contributed by atoms with Crippen LogP contribution in [0, 0.1) is 0 Å². The van der Waals surface area contributed by atoms with Gasteiger partial charge in [0.05, 0.1) is 6.10 Å². The third-order valence-corrected chi connectivity index (χ3v) is 1.77. The summed E-state index contributed by atoms with van der Waals surface area (Å²) in [5, 5.41) is 17.1. The maximum Gasteiger partial charge on any atom is 0.292 e. The van der Waals surface area contributed by atoms with E-state index < -0.39 is 21.7 Å². The van der Waals surface area contributed by atoms with Gasteiger partial charge in [-0.05, 0) is 6.92 Å². The van der Waals surface area contributed by atoms with Gasteiger partial charge in [-0.25, -0.2) is 0 Å². The van der Waals surface area contributed by atoms with Crippen LogP contribution in [0.1, 0.15) is 13.3 Å². The van der Waals surface area contributed by atoms with Gasteiger partial charge < -0.3 is 10.2 Å². The summed E-state index contributed by atoms with van der Waals surface area (Å²) < 4.78 is 28.3. The van der Waals surface area contributed by atoms with E-state index in [1.807, 2.05) is 0 Å². The first-order chi connectivity index (χ1) is 4.34. The second-order valence-corrected chi connectivity index (χ2v) is 3.63. The Morgan fingerprint density at radius 1 is 1.40 bits per heavy atom. The van der Waals surface area contributed by atoms with Crippen molar-refractivity contribution in [2.24, 2.45) is 0 Å². The van der Waals surface area contributed by atoms with Crippen LogP contribution in [0.3, 0.4) is 0 Å². The summed E-state index contributed by atoms with van der Waals surface area (Å²) in [6.45, 7) is 1.31. The monoisotopic (exact) mass is 170 g/mol. The minimum Gasteiger partial charge on any atom is -0.393 e. The van der Waals surface area contributed by atoms with Gasteiger partial charge in [0.2, 0.25) is 0 Å². The fourth-order valence-corrected chi connectivity index (χ4v) is 0.935. The standard InChI is InChI=1S/C4H10O5S/c1-3(5)2-4(6)10(7,8)9/h3-6H,2H2,1H3,(H,7,8,9). The molecule has 0 aromatic heterocycles. The number of hydrogen-bond donors (Lipinski definition) is 3. The zero-order chi connectivity index (χ0) is 8.36. The Morgan fingerprint density at radius 3 is 1.90 bits per heavy atom. The SMILES string of the molecule is CC(O)CC(O)S(=O)(=O)O. The second-order valence-electron chi connectivity index (χ2n) is 2.05. The topological polar surface area (TPSA) is 94.8 Å². The summed E-state index contributed by atoms with van der Waals surface area (Å²) >= 11 is 0. The van der Waals surface area contributed by atoms with Gasteiger partial charge >= 0.3 is 0 Å². The minimum atomic E-state index is -4.40. The molecule has 0 bridgehead atoms. The first-order valence-corrected chi connectivity index (χ1v) is 4.17. The molecule has 0 aliphatic heterocycles. The molecule has 0 aromatic rings. The summed E-state index contributed by atoms with van der Waals surface area (Å²) in [5.41, 5.74) is -1.88. The van der Waals surface area contributed by atoms with Crippen LogP contribution >= 0.6 is 0 Å². The Balaban J connectivity index is 3.99. The van der Waals surface area contributed by atoms with Crippen LogP contribution in [0.5, 0.6) is 0 Å². The normalized spacial score (nSPS) is 18.4. The van der Waals surface area contributed by atoms with E-state index in [9.17, 15) is 8.42 Å². The summed E-state index contributed by atoms with van der Waals surface area (Å²) in [4.78, 5) is 0. The third-order valence-electron chi connectivity index (χ3n) is 0.887. The maximum atomic E-state index is 10.1. The van der Waals surface area contributed by atoms with Gasteiger partial charge in [-0.2, -0.15) is 8.42 Å². The van der Waals surface area contributed by atoms with E-state index in [-0.39, 0.29) is 6.42 Å². The molecule has 0 aliphatic rings. The number of aliphatic hydroxyl groups excluding tert-OH is 2. The van der Waals surface area contributed by atoms with Crippen LogP contribution in [-0.4, -0.2) is 34.7 Å². The van der Waals surface area contributed by atoms with Crippen molar-refractivity contribution in [3.05, 3.63) is 0 Å². The van der Waals surface area contributed by atoms with E-state index in [2.05, 4.69) is 0 Å². The molecule has 0 fully saturated rings. The molecule has 5 nitrogen and oxygen atoms in total. The van der Waals surface area contributed by atoms with Crippen molar-refractivity contribution in [3.63, 3.8) is 0 Å². The molecule has 2 atom stereocenters. The number of rotatable bonds is 3. The van der Waals surface area contributed by atoms with Crippen LogP contribution in [0.15, 0.2) is 0 Å². The van der Waals surface area contributed by atoms with E-state index in [0.717, 1.165) is 0 Å². The van der Waals surface area contributed by atoms with Crippen LogP contribution < -0.4 is 0 Å². The van der Waals surface area contributed by atoms with Gasteiger partial charge in [0.15, 0.2) is 5.44 Å². The Bertz CT molecular complexity index is 182. The molecule has 3 N–H and O–H groups in total. The van der Waals surface area contributed by atoms with Gasteiger partial charge in [-0.3, -0.25) is 4.55 Å². The summed E-state index contributed by atoms with van der Waals surface area (Å²) in [7, 11) is -4.40. The maximum absolute atomic E-state index is 10.1. The predicted molar refractivity (Wildman–Crippen MR) is 33.9 cm³/mol. The summed E-state index contributed by atoms with van der Waals surface area (Å²) in [5.74, 6) is 0. The van der Waals surface area contributed by atoms with E-state index in [1.54, 1.807) is 0 Å². The molecule has 0 saturated heterocycles. The number of hydrogen-bond acceptors (Lipinski definition) is 4. The fourth-order valence-electron chi connectivity index (χ4n) is 0.413. The van der Waals surface area contributed by atoms with E-state index in [1.165, 1.54) is 6.92 Å².